The van der Waals surface area contributed by atoms with Gasteiger partial charge in [-0.1, -0.05) is 0 Å². The van der Waals surface area contributed by atoms with Gasteiger partial charge in [0.2, 0.25) is 0 Å². The van der Waals surface area contributed by atoms with E-state index in [4.69, 9.17) is 9.47 Å². The van der Waals surface area contributed by atoms with E-state index in [1.54, 1.807) is 0 Å². The third kappa shape index (κ3) is 3.41. The average Bonchev–Trinajstić information content (AvgIpc) is 3.05. The van der Waals surface area contributed by atoms with Crippen molar-refractivity contribution in [1.82, 2.24) is 10.2 Å². The van der Waals surface area contributed by atoms with E-state index >= 15 is 0 Å². The molecule has 2 saturated heterocycles. The number of ether oxygens (including phenoxy) is 2. The third-order valence-corrected chi connectivity index (χ3v) is 4.09. The first-order valence-corrected chi connectivity index (χ1v) is 7.05. The molecule has 3 rings (SSSR count). The zero-order valence-corrected chi connectivity index (χ0v) is 10.6. The van der Waals surface area contributed by atoms with E-state index in [-0.39, 0.29) is 0 Å². The van der Waals surface area contributed by atoms with E-state index in [0.717, 1.165) is 51.5 Å². The van der Waals surface area contributed by atoms with E-state index in [1.807, 2.05) is 0 Å². The summed E-state index contributed by atoms with van der Waals surface area (Å²) in [7, 11) is 0. The first-order valence-electron chi connectivity index (χ1n) is 7.05. The predicted molar refractivity (Wildman–Crippen MR) is 66.1 cm³/mol. The van der Waals surface area contributed by atoms with Crippen molar-refractivity contribution >= 4 is 0 Å². The molecule has 0 aromatic rings. The predicted octanol–water partition coefficient (Wildman–Crippen LogP) is 0.476. The van der Waals surface area contributed by atoms with Crippen LogP contribution in [0.1, 0.15) is 19.3 Å². The summed E-state index contributed by atoms with van der Waals surface area (Å²) in [5, 5.41) is 3.63. The summed E-state index contributed by atoms with van der Waals surface area (Å²) in [6, 6.07) is 1.37. The van der Waals surface area contributed by atoms with Crippen LogP contribution < -0.4 is 5.32 Å². The fraction of sp³-hybridized carbons (Fsp3) is 1.00. The van der Waals surface area contributed by atoms with Gasteiger partial charge in [-0.05, 0) is 25.2 Å². The van der Waals surface area contributed by atoms with Gasteiger partial charge >= 0.3 is 0 Å². The Morgan fingerprint density at radius 3 is 2.71 bits per heavy atom. The lowest BCUT2D eigenvalue weighted by Gasteiger charge is -2.37. The number of hydrogen-bond acceptors (Lipinski definition) is 4. The Morgan fingerprint density at radius 2 is 1.94 bits per heavy atom. The summed E-state index contributed by atoms with van der Waals surface area (Å²) >= 11 is 0. The molecule has 0 spiro atoms. The van der Waals surface area contributed by atoms with Crippen LogP contribution >= 0.6 is 0 Å². The Bertz CT molecular complexity index is 240. The number of nitrogens with zero attached hydrogens (tertiary/aromatic N) is 1. The molecule has 0 aromatic carbocycles. The van der Waals surface area contributed by atoms with E-state index < -0.39 is 0 Å². The van der Waals surface area contributed by atoms with Crippen LogP contribution in [0.5, 0.6) is 0 Å². The van der Waals surface area contributed by atoms with Crippen LogP contribution in [0.4, 0.5) is 0 Å². The molecule has 0 aromatic heterocycles. The fourth-order valence-electron chi connectivity index (χ4n) is 2.77. The molecule has 1 aliphatic carbocycles. The smallest absolute Gasteiger partial charge is 0.0634 e. The zero-order valence-electron chi connectivity index (χ0n) is 10.6. The van der Waals surface area contributed by atoms with Crippen LogP contribution in [0, 0.1) is 5.92 Å². The summed E-state index contributed by atoms with van der Waals surface area (Å²) in [4.78, 5) is 2.61. The molecular weight excluding hydrogens is 216 g/mol. The Balaban J connectivity index is 1.47. The molecule has 0 amide bonds. The van der Waals surface area contributed by atoms with Crippen molar-refractivity contribution in [1.29, 1.82) is 0 Å². The molecule has 4 nitrogen and oxygen atoms in total. The number of hydrogen-bond donors (Lipinski definition) is 1. The maximum atomic E-state index is 5.62. The molecule has 1 saturated carbocycles. The Morgan fingerprint density at radius 1 is 1.06 bits per heavy atom. The van der Waals surface area contributed by atoms with Crippen LogP contribution in [-0.2, 0) is 9.47 Å². The first-order chi connectivity index (χ1) is 8.42. The molecule has 2 aliphatic heterocycles. The largest absolute Gasteiger partial charge is 0.381 e. The molecule has 2 unspecified atom stereocenters. The molecule has 4 heteroatoms. The number of rotatable bonds is 5. The fourth-order valence-corrected chi connectivity index (χ4v) is 2.77. The summed E-state index contributed by atoms with van der Waals surface area (Å²) in [5.41, 5.74) is 0. The molecule has 3 aliphatic rings. The molecule has 98 valence electrons. The van der Waals surface area contributed by atoms with Gasteiger partial charge in [-0.3, -0.25) is 4.90 Å². The highest BCUT2D eigenvalue weighted by molar-refractivity contribution is 4.86. The average molecular weight is 240 g/mol. The summed E-state index contributed by atoms with van der Waals surface area (Å²) in [6.07, 6.45) is 3.97. The van der Waals surface area contributed by atoms with E-state index in [2.05, 4.69) is 10.2 Å². The van der Waals surface area contributed by atoms with Gasteiger partial charge in [0.1, 0.15) is 0 Å². The van der Waals surface area contributed by atoms with E-state index in [1.165, 1.54) is 25.8 Å². The Kier molecular flexibility index (Phi) is 3.96. The molecule has 0 radical (unpaired) electrons. The van der Waals surface area contributed by atoms with Crippen LogP contribution in [0.15, 0.2) is 0 Å². The van der Waals surface area contributed by atoms with Gasteiger partial charge in [0.15, 0.2) is 0 Å². The minimum atomic E-state index is 0.574. The van der Waals surface area contributed by atoms with Gasteiger partial charge in [-0.15, -0.1) is 0 Å². The lowest BCUT2D eigenvalue weighted by molar-refractivity contribution is -0.0142. The highest BCUT2D eigenvalue weighted by atomic mass is 16.5. The van der Waals surface area contributed by atoms with Crippen molar-refractivity contribution in [2.24, 2.45) is 5.92 Å². The van der Waals surface area contributed by atoms with E-state index in [9.17, 15) is 0 Å². The van der Waals surface area contributed by atoms with Gasteiger partial charge in [-0.25, -0.2) is 0 Å². The minimum Gasteiger partial charge on any atom is -0.381 e. The van der Waals surface area contributed by atoms with Crippen LogP contribution in [0.2, 0.25) is 0 Å². The summed E-state index contributed by atoms with van der Waals surface area (Å²) < 4.78 is 11.1. The maximum Gasteiger partial charge on any atom is 0.0634 e. The van der Waals surface area contributed by atoms with Crippen molar-refractivity contribution in [2.75, 3.05) is 46.1 Å². The minimum absolute atomic E-state index is 0.574. The van der Waals surface area contributed by atoms with Gasteiger partial charge in [-0.2, -0.15) is 0 Å². The Labute approximate surface area is 104 Å². The van der Waals surface area contributed by atoms with Crippen molar-refractivity contribution < 1.29 is 9.47 Å². The molecule has 3 fully saturated rings. The van der Waals surface area contributed by atoms with Crippen molar-refractivity contribution in [3.63, 3.8) is 0 Å². The van der Waals surface area contributed by atoms with Gasteiger partial charge < -0.3 is 14.8 Å². The number of nitrogens with one attached hydrogen (secondary N) is 1. The standard InChI is InChI=1S/C13H24N2O2/c1-2-12(1)14-7-13-10-17-6-4-15(13)8-11-3-5-16-9-11/h11-14H,1-10H2. The highest BCUT2D eigenvalue weighted by Crippen LogP contribution is 2.20. The molecule has 17 heavy (non-hydrogen) atoms. The summed E-state index contributed by atoms with van der Waals surface area (Å²) in [6.45, 7) is 7.09. The van der Waals surface area contributed by atoms with Crippen molar-refractivity contribution in [3.8, 4) is 0 Å². The lowest BCUT2D eigenvalue weighted by Crippen LogP contribution is -2.52. The van der Waals surface area contributed by atoms with Gasteiger partial charge in [0.05, 0.1) is 19.8 Å². The summed E-state index contributed by atoms with van der Waals surface area (Å²) in [5.74, 6) is 0.747. The molecule has 2 atom stereocenters. The molecule has 0 bridgehead atoms. The second-order valence-corrected chi connectivity index (χ2v) is 5.64. The van der Waals surface area contributed by atoms with Crippen LogP contribution in [-0.4, -0.2) is 63.0 Å². The maximum absolute atomic E-state index is 5.62. The van der Waals surface area contributed by atoms with Crippen LogP contribution in [0.3, 0.4) is 0 Å². The molecule has 1 N–H and O–H groups in total. The van der Waals surface area contributed by atoms with Gasteiger partial charge in [0, 0.05) is 38.3 Å². The van der Waals surface area contributed by atoms with E-state index in [0.29, 0.717) is 6.04 Å². The monoisotopic (exact) mass is 240 g/mol. The van der Waals surface area contributed by atoms with Crippen LogP contribution in [0.25, 0.3) is 0 Å². The van der Waals surface area contributed by atoms with Crippen molar-refractivity contribution in [2.45, 2.75) is 31.3 Å². The number of morpholine rings is 1. The first kappa shape index (κ1) is 11.9. The molecular formula is C13H24N2O2. The van der Waals surface area contributed by atoms with Gasteiger partial charge in [0.25, 0.3) is 0 Å². The topological polar surface area (TPSA) is 33.7 Å². The molecule has 2 heterocycles. The normalized spacial score (nSPS) is 35.3. The zero-order chi connectivity index (χ0) is 11.5. The highest BCUT2D eigenvalue weighted by Gasteiger charge is 2.29. The quantitative estimate of drug-likeness (QED) is 0.758. The lowest BCUT2D eigenvalue weighted by atomic mass is 10.1. The second-order valence-electron chi connectivity index (χ2n) is 5.64. The SMILES string of the molecule is C1CC(CN2CCOCC2CNC2CC2)CO1. The van der Waals surface area contributed by atoms with Crippen molar-refractivity contribution in [3.05, 3.63) is 0 Å². The second kappa shape index (κ2) is 5.65. The third-order valence-electron chi connectivity index (χ3n) is 4.09. The Hall–Kier alpha value is -0.160.